The number of likely N-dealkylation sites (tertiary alicyclic amines) is 1. The number of carbonyl (C=O) groups excluding carboxylic acids is 2. The Bertz CT molecular complexity index is 874. The van der Waals surface area contributed by atoms with E-state index in [0.717, 1.165) is 17.7 Å². The van der Waals surface area contributed by atoms with Crippen LogP contribution in [0, 0.1) is 0 Å². The van der Waals surface area contributed by atoms with Crippen molar-refractivity contribution in [1.82, 2.24) is 4.90 Å². The lowest BCUT2D eigenvalue weighted by Gasteiger charge is -2.40. The Labute approximate surface area is 172 Å². The molecule has 1 aliphatic rings. The summed E-state index contributed by atoms with van der Waals surface area (Å²) < 4.78 is 48.2. The van der Waals surface area contributed by atoms with Crippen LogP contribution in [0.25, 0.3) is 0 Å². The zero-order chi connectivity index (χ0) is 21.8. The van der Waals surface area contributed by atoms with Crippen LogP contribution in [0.3, 0.4) is 0 Å². The molecule has 0 aromatic heterocycles. The van der Waals surface area contributed by atoms with Crippen molar-refractivity contribution in [1.29, 1.82) is 0 Å². The van der Waals surface area contributed by atoms with Crippen LogP contribution < -0.4 is 4.74 Å². The summed E-state index contributed by atoms with van der Waals surface area (Å²) in [5.74, 6) is -0.440. The number of methoxy groups -OCH3 is 1. The number of hydrogen-bond donors (Lipinski definition) is 0. The second-order valence-electron chi connectivity index (χ2n) is 7.13. The van der Waals surface area contributed by atoms with E-state index in [4.69, 9.17) is 9.47 Å². The van der Waals surface area contributed by atoms with Crippen LogP contribution in [0.4, 0.5) is 13.2 Å². The number of nitrogens with zero attached hydrogens (tertiary/aromatic N) is 1. The molecule has 0 unspecified atom stereocenters. The number of benzene rings is 2. The summed E-state index contributed by atoms with van der Waals surface area (Å²) in [6, 6.07) is 13.5. The maximum Gasteiger partial charge on any atom is 0.416 e. The molecular weight excluding hydrogens is 399 g/mol. The molecule has 0 radical (unpaired) electrons. The Hall–Kier alpha value is -3.03. The van der Waals surface area contributed by atoms with Gasteiger partial charge >= 0.3 is 12.1 Å². The maximum atomic E-state index is 12.6. The molecule has 0 aliphatic carbocycles. The van der Waals surface area contributed by atoms with E-state index in [2.05, 4.69) is 0 Å². The van der Waals surface area contributed by atoms with Gasteiger partial charge in [-0.1, -0.05) is 30.3 Å². The van der Waals surface area contributed by atoms with Gasteiger partial charge in [-0.05, 0) is 42.7 Å². The highest BCUT2D eigenvalue weighted by Crippen LogP contribution is 2.37. The topological polar surface area (TPSA) is 55.8 Å². The monoisotopic (exact) mass is 421 g/mol. The molecule has 8 heteroatoms. The summed E-state index contributed by atoms with van der Waals surface area (Å²) in [6.45, 7) is 0.403. The van der Waals surface area contributed by atoms with Crippen molar-refractivity contribution in [3.63, 3.8) is 0 Å². The summed E-state index contributed by atoms with van der Waals surface area (Å²) in [5.41, 5.74) is -0.733. The maximum absolute atomic E-state index is 12.6. The molecule has 160 valence electrons. The normalized spacial score (nSPS) is 16.1. The predicted molar refractivity (Wildman–Crippen MR) is 103 cm³/mol. The Kier molecular flexibility index (Phi) is 6.34. The van der Waals surface area contributed by atoms with Gasteiger partial charge in [0, 0.05) is 13.1 Å². The van der Waals surface area contributed by atoms with Gasteiger partial charge in [-0.3, -0.25) is 9.59 Å². The highest BCUT2D eigenvalue weighted by Gasteiger charge is 2.44. The molecule has 1 saturated heterocycles. The quantitative estimate of drug-likeness (QED) is 0.689. The Morgan fingerprint density at radius 1 is 1.00 bits per heavy atom. The number of amides is 1. The van der Waals surface area contributed by atoms with E-state index in [1.165, 1.54) is 19.2 Å². The van der Waals surface area contributed by atoms with Crippen molar-refractivity contribution >= 4 is 11.9 Å². The van der Waals surface area contributed by atoms with Gasteiger partial charge in [-0.2, -0.15) is 13.2 Å². The van der Waals surface area contributed by atoms with E-state index in [0.29, 0.717) is 25.9 Å². The molecule has 0 saturated carbocycles. The second-order valence-corrected chi connectivity index (χ2v) is 7.13. The van der Waals surface area contributed by atoms with Gasteiger partial charge in [0.05, 0.1) is 18.1 Å². The SMILES string of the molecule is COC(=O)C1(c2ccccc2)CCN(C(=O)COc2ccc(C(F)(F)F)cc2)CC1. The van der Waals surface area contributed by atoms with Gasteiger partial charge in [-0.25, -0.2) is 0 Å². The molecule has 0 atom stereocenters. The molecular formula is C22H22F3NO4. The standard InChI is InChI=1S/C22H22F3NO4/c1-29-20(28)21(16-5-3-2-4-6-16)11-13-26(14-12-21)19(27)15-30-18-9-7-17(8-10-18)22(23,24)25/h2-10H,11-15H2,1H3. The molecule has 5 nitrogen and oxygen atoms in total. The number of esters is 1. The fraction of sp³-hybridized carbons (Fsp3) is 0.364. The van der Waals surface area contributed by atoms with E-state index in [1.807, 2.05) is 30.3 Å². The molecule has 1 fully saturated rings. The average Bonchev–Trinajstić information content (AvgIpc) is 2.77. The van der Waals surface area contributed by atoms with E-state index >= 15 is 0 Å². The number of alkyl halides is 3. The van der Waals surface area contributed by atoms with E-state index in [-0.39, 0.29) is 24.2 Å². The van der Waals surface area contributed by atoms with Crippen LogP contribution >= 0.6 is 0 Å². The summed E-state index contributed by atoms with van der Waals surface area (Å²) in [6.07, 6.45) is -3.60. The van der Waals surface area contributed by atoms with Gasteiger partial charge in [0.15, 0.2) is 6.61 Å². The molecule has 1 heterocycles. The van der Waals surface area contributed by atoms with Crippen molar-refractivity contribution < 1.29 is 32.2 Å². The Balaban J connectivity index is 1.60. The Morgan fingerprint density at radius 2 is 1.60 bits per heavy atom. The van der Waals surface area contributed by atoms with E-state index in [9.17, 15) is 22.8 Å². The first-order valence-corrected chi connectivity index (χ1v) is 9.48. The van der Waals surface area contributed by atoms with Crippen LogP contribution in [0.5, 0.6) is 5.75 Å². The first kappa shape index (κ1) is 21.7. The molecule has 3 rings (SSSR count). The van der Waals surface area contributed by atoms with Crippen molar-refractivity contribution in [2.75, 3.05) is 26.8 Å². The van der Waals surface area contributed by atoms with Crippen LogP contribution in [0.1, 0.15) is 24.0 Å². The predicted octanol–water partition coefficient (Wildman–Crippen LogP) is 3.82. The van der Waals surface area contributed by atoms with Crippen LogP contribution in [0.2, 0.25) is 0 Å². The van der Waals surface area contributed by atoms with Crippen molar-refractivity contribution in [3.05, 3.63) is 65.7 Å². The van der Waals surface area contributed by atoms with Gasteiger partial charge in [0.25, 0.3) is 5.91 Å². The first-order valence-electron chi connectivity index (χ1n) is 9.48. The van der Waals surface area contributed by atoms with Gasteiger partial charge in [0.1, 0.15) is 5.75 Å². The lowest BCUT2D eigenvalue weighted by Crippen LogP contribution is -2.50. The summed E-state index contributed by atoms with van der Waals surface area (Å²) >= 11 is 0. The largest absolute Gasteiger partial charge is 0.484 e. The number of carbonyl (C=O) groups is 2. The van der Waals surface area contributed by atoms with Crippen LogP contribution in [-0.4, -0.2) is 43.6 Å². The third kappa shape index (κ3) is 4.58. The Morgan fingerprint density at radius 3 is 2.13 bits per heavy atom. The number of halogens is 3. The number of hydrogen-bond acceptors (Lipinski definition) is 4. The summed E-state index contributed by atoms with van der Waals surface area (Å²) in [7, 11) is 1.35. The van der Waals surface area contributed by atoms with Crippen LogP contribution in [-0.2, 0) is 25.9 Å². The van der Waals surface area contributed by atoms with Gasteiger partial charge in [-0.15, -0.1) is 0 Å². The minimum atomic E-state index is -4.42. The van der Waals surface area contributed by atoms with Crippen molar-refractivity contribution in [2.24, 2.45) is 0 Å². The molecule has 1 aliphatic heterocycles. The highest BCUT2D eigenvalue weighted by atomic mass is 19.4. The third-order valence-electron chi connectivity index (χ3n) is 5.42. The van der Waals surface area contributed by atoms with Crippen LogP contribution in [0.15, 0.2) is 54.6 Å². The first-order chi connectivity index (χ1) is 14.3. The van der Waals surface area contributed by atoms with Gasteiger partial charge in [0.2, 0.25) is 0 Å². The lowest BCUT2D eigenvalue weighted by atomic mass is 9.72. The zero-order valence-electron chi connectivity index (χ0n) is 16.4. The number of ether oxygens (including phenoxy) is 2. The van der Waals surface area contributed by atoms with E-state index in [1.54, 1.807) is 4.90 Å². The fourth-order valence-electron chi connectivity index (χ4n) is 3.68. The summed E-state index contributed by atoms with van der Waals surface area (Å²) in [4.78, 5) is 26.6. The van der Waals surface area contributed by atoms with E-state index < -0.39 is 17.2 Å². The molecule has 1 amide bonds. The minimum Gasteiger partial charge on any atom is -0.484 e. The van der Waals surface area contributed by atoms with Crippen molar-refractivity contribution in [2.45, 2.75) is 24.4 Å². The highest BCUT2D eigenvalue weighted by molar-refractivity contribution is 5.84. The lowest BCUT2D eigenvalue weighted by molar-refractivity contribution is -0.151. The average molecular weight is 421 g/mol. The molecule has 2 aromatic rings. The zero-order valence-corrected chi connectivity index (χ0v) is 16.4. The van der Waals surface area contributed by atoms with Gasteiger partial charge < -0.3 is 14.4 Å². The number of piperidine rings is 1. The fourth-order valence-corrected chi connectivity index (χ4v) is 3.68. The smallest absolute Gasteiger partial charge is 0.416 e. The molecule has 0 spiro atoms. The van der Waals surface area contributed by atoms with Crippen molar-refractivity contribution in [3.8, 4) is 5.75 Å². The molecule has 0 N–H and O–H groups in total. The number of rotatable bonds is 5. The summed E-state index contributed by atoms with van der Waals surface area (Å²) in [5, 5.41) is 0. The molecule has 2 aromatic carbocycles. The minimum absolute atomic E-state index is 0.182. The molecule has 0 bridgehead atoms. The molecule has 30 heavy (non-hydrogen) atoms. The third-order valence-corrected chi connectivity index (χ3v) is 5.42. The second kappa shape index (κ2) is 8.77.